The van der Waals surface area contributed by atoms with Crippen LogP contribution in [0.1, 0.15) is 13.8 Å². The number of nitriles is 2. The summed E-state index contributed by atoms with van der Waals surface area (Å²) in [7, 11) is 0. The molecule has 0 aromatic carbocycles. The summed E-state index contributed by atoms with van der Waals surface area (Å²) in [4.78, 5) is 0.657. The predicted octanol–water partition coefficient (Wildman–Crippen LogP) is 2.59. The van der Waals surface area contributed by atoms with Gasteiger partial charge in [-0.25, -0.2) is 0 Å². The van der Waals surface area contributed by atoms with Gasteiger partial charge in [0.15, 0.2) is 0 Å². The summed E-state index contributed by atoms with van der Waals surface area (Å²) >= 11 is 2.63. The molecule has 6 heteroatoms. The molecule has 0 bridgehead atoms. The van der Waals surface area contributed by atoms with E-state index >= 15 is 0 Å². The van der Waals surface area contributed by atoms with E-state index in [1.54, 1.807) is 19.9 Å². The van der Waals surface area contributed by atoms with E-state index in [1.165, 1.54) is 29.6 Å². The molecule has 0 aromatic rings. The molecule has 18 heavy (non-hydrogen) atoms. The van der Waals surface area contributed by atoms with E-state index in [0.29, 0.717) is 4.91 Å². The molecule has 0 aromatic heterocycles. The molecular formula is C12H16N2O2S2. The molecule has 4 nitrogen and oxygen atoms in total. The van der Waals surface area contributed by atoms with Crippen molar-refractivity contribution in [1.82, 2.24) is 0 Å². The minimum Gasteiger partial charge on any atom is -0.516 e. The molecule has 0 spiro atoms. The smallest absolute Gasteiger partial charge is 0.0933 e. The summed E-state index contributed by atoms with van der Waals surface area (Å²) in [6, 6.07) is 4.16. The normalized spacial score (nSPS) is 16.8. The zero-order valence-corrected chi connectivity index (χ0v) is 11.9. The van der Waals surface area contributed by atoms with E-state index in [4.69, 9.17) is 15.6 Å². The van der Waals surface area contributed by atoms with Crippen LogP contribution in [-0.4, -0.2) is 32.6 Å². The standard InChI is InChI=1S/C12H16N2O2S2/c1-9(6-13)17-11(3-4-15)5-12(8-16)18-10(2)7-14/h3-5,9-11,15-16H,8H2,1-2H3. The van der Waals surface area contributed by atoms with E-state index < -0.39 is 0 Å². The van der Waals surface area contributed by atoms with Crippen LogP contribution >= 0.6 is 23.5 Å². The Bertz CT molecular complexity index is 383. The van der Waals surface area contributed by atoms with Crippen molar-refractivity contribution in [2.24, 2.45) is 0 Å². The Hall–Kier alpha value is -1.08. The molecule has 0 aliphatic carbocycles. The van der Waals surface area contributed by atoms with Crippen LogP contribution < -0.4 is 0 Å². The predicted molar refractivity (Wildman–Crippen MR) is 76.1 cm³/mol. The second-order valence-corrected chi connectivity index (χ2v) is 6.38. The number of rotatable bonds is 7. The lowest BCUT2D eigenvalue weighted by Gasteiger charge is -2.12. The lowest BCUT2D eigenvalue weighted by molar-refractivity contribution is 0.339. The van der Waals surface area contributed by atoms with Crippen LogP contribution in [-0.2, 0) is 0 Å². The van der Waals surface area contributed by atoms with Crippen molar-refractivity contribution in [3.05, 3.63) is 23.3 Å². The van der Waals surface area contributed by atoms with Crippen LogP contribution in [0.5, 0.6) is 0 Å². The minimum atomic E-state index is -0.249. The maximum Gasteiger partial charge on any atom is 0.0933 e. The highest BCUT2D eigenvalue weighted by Crippen LogP contribution is 2.26. The molecule has 0 saturated heterocycles. The van der Waals surface area contributed by atoms with Gasteiger partial charge in [0.1, 0.15) is 0 Å². The van der Waals surface area contributed by atoms with E-state index in [9.17, 15) is 5.11 Å². The highest BCUT2D eigenvalue weighted by Gasteiger charge is 2.11. The summed E-state index contributed by atoms with van der Waals surface area (Å²) in [5.41, 5.74) is 0. The third kappa shape index (κ3) is 7.29. The first-order valence-corrected chi connectivity index (χ1v) is 7.13. The van der Waals surface area contributed by atoms with Crippen molar-refractivity contribution in [2.45, 2.75) is 29.6 Å². The fourth-order valence-electron chi connectivity index (χ4n) is 1.06. The maximum absolute atomic E-state index is 9.22. The van der Waals surface area contributed by atoms with Crippen LogP contribution in [0.4, 0.5) is 0 Å². The van der Waals surface area contributed by atoms with Gasteiger partial charge in [-0.3, -0.25) is 0 Å². The summed E-state index contributed by atoms with van der Waals surface area (Å²) in [6.07, 6.45) is 4.21. The molecule has 3 unspecified atom stereocenters. The molecular weight excluding hydrogens is 268 g/mol. The van der Waals surface area contributed by atoms with E-state index in [1.807, 2.05) is 0 Å². The van der Waals surface area contributed by atoms with Crippen molar-refractivity contribution >= 4 is 23.5 Å². The summed E-state index contributed by atoms with van der Waals surface area (Å²) < 4.78 is 0. The Morgan fingerprint density at radius 3 is 2.33 bits per heavy atom. The first-order chi connectivity index (χ1) is 8.57. The summed E-state index contributed by atoms with van der Waals surface area (Å²) in [5.74, 6) is 0. The van der Waals surface area contributed by atoms with Crippen molar-refractivity contribution in [3.63, 3.8) is 0 Å². The fraction of sp³-hybridized carbons (Fsp3) is 0.500. The Kier molecular flexibility index (Phi) is 9.31. The van der Waals surface area contributed by atoms with Crippen molar-refractivity contribution in [2.75, 3.05) is 6.61 Å². The van der Waals surface area contributed by atoms with E-state index in [-0.39, 0.29) is 22.4 Å². The van der Waals surface area contributed by atoms with Gasteiger partial charge in [0.25, 0.3) is 0 Å². The topological polar surface area (TPSA) is 88.0 Å². The minimum absolute atomic E-state index is 0.159. The number of hydrogen-bond acceptors (Lipinski definition) is 6. The number of nitrogens with zero attached hydrogens (tertiary/aromatic N) is 2. The molecule has 0 heterocycles. The maximum atomic E-state index is 9.22. The van der Waals surface area contributed by atoms with E-state index in [2.05, 4.69) is 12.1 Å². The quantitative estimate of drug-likeness (QED) is 0.699. The lowest BCUT2D eigenvalue weighted by Crippen LogP contribution is -2.04. The zero-order chi connectivity index (χ0) is 14.0. The van der Waals surface area contributed by atoms with Gasteiger partial charge in [-0.1, -0.05) is 6.08 Å². The zero-order valence-electron chi connectivity index (χ0n) is 10.3. The van der Waals surface area contributed by atoms with Crippen molar-refractivity contribution < 1.29 is 10.2 Å². The first kappa shape index (κ1) is 16.9. The first-order valence-electron chi connectivity index (χ1n) is 5.31. The van der Waals surface area contributed by atoms with Crippen LogP contribution in [0, 0.1) is 22.7 Å². The number of thioether (sulfide) groups is 2. The average molecular weight is 284 g/mol. The number of aliphatic hydroxyl groups is 2. The Labute approximate surface area is 116 Å². The van der Waals surface area contributed by atoms with Gasteiger partial charge in [0.2, 0.25) is 0 Å². The molecule has 2 N–H and O–H groups in total. The van der Waals surface area contributed by atoms with Gasteiger partial charge in [-0.2, -0.15) is 10.5 Å². The second kappa shape index (κ2) is 9.90. The Balaban J connectivity index is 4.79. The molecule has 0 aliphatic rings. The SMILES string of the molecule is CC(C#N)SC(=CC(C=CO)SC(C)C#N)CO. The highest BCUT2D eigenvalue weighted by atomic mass is 32.2. The van der Waals surface area contributed by atoms with Gasteiger partial charge in [-0.05, 0) is 19.9 Å². The molecule has 0 amide bonds. The van der Waals surface area contributed by atoms with Gasteiger partial charge in [0, 0.05) is 10.2 Å². The summed E-state index contributed by atoms with van der Waals surface area (Å²) in [5, 5.41) is 34.8. The molecule has 0 saturated carbocycles. The van der Waals surface area contributed by atoms with Gasteiger partial charge in [0.05, 0.1) is 35.5 Å². The fourth-order valence-corrected chi connectivity index (χ4v) is 2.89. The van der Waals surface area contributed by atoms with Crippen LogP contribution in [0.25, 0.3) is 0 Å². The Morgan fingerprint density at radius 1 is 1.28 bits per heavy atom. The molecule has 0 fully saturated rings. The summed E-state index contributed by atoms with van der Waals surface area (Å²) in [6.45, 7) is 3.35. The van der Waals surface area contributed by atoms with Crippen LogP contribution in [0.3, 0.4) is 0 Å². The monoisotopic (exact) mass is 284 g/mol. The van der Waals surface area contributed by atoms with Crippen molar-refractivity contribution in [1.29, 1.82) is 10.5 Å². The molecule has 0 aliphatic heterocycles. The molecule has 0 radical (unpaired) electrons. The third-order valence-electron chi connectivity index (χ3n) is 1.83. The molecule has 98 valence electrons. The molecule has 0 rings (SSSR count). The van der Waals surface area contributed by atoms with Crippen LogP contribution in [0.15, 0.2) is 23.3 Å². The van der Waals surface area contributed by atoms with Crippen LogP contribution in [0.2, 0.25) is 0 Å². The number of aliphatic hydroxyl groups excluding tert-OH is 2. The van der Waals surface area contributed by atoms with Gasteiger partial charge in [-0.15, -0.1) is 23.5 Å². The highest BCUT2D eigenvalue weighted by molar-refractivity contribution is 8.04. The Morgan fingerprint density at radius 2 is 1.89 bits per heavy atom. The van der Waals surface area contributed by atoms with Crippen molar-refractivity contribution in [3.8, 4) is 12.1 Å². The van der Waals surface area contributed by atoms with Gasteiger partial charge < -0.3 is 10.2 Å². The lowest BCUT2D eigenvalue weighted by atomic mass is 10.3. The molecule has 3 atom stereocenters. The van der Waals surface area contributed by atoms with E-state index in [0.717, 1.165) is 6.26 Å². The second-order valence-electron chi connectivity index (χ2n) is 3.39. The third-order valence-corrected chi connectivity index (χ3v) is 3.98. The largest absolute Gasteiger partial charge is 0.516 e. The number of hydrogen-bond donors (Lipinski definition) is 2. The van der Waals surface area contributed by atoms with Gasteiger partial charge >= 0.3 is 0 Å². The average Bonchev–Trinajstić information content (AvgIpc) is 2.37.